The van der Waals surface area contributed by atoms with Crippen molar-refractivity contribution in [1.29, 1.82) is 0 Å². The number of nitrogens with one attached hydrogen (secondary N) is 2. The second kappa shape index (κ2) is 7.26. The van der Waals surface area contributed by atoms with Crippen molar-refractivity contribution in [2.45, 2.75) is 6.92 Å². The normalized spacial score (nSPS) is 10.0. The highest BCUT2D eigenvalue weighted by Gasteiger charge is 2.17. The Balaban J connectivity index is 2.28. The van der Waals surface area contributed by atoms with Crippen molar-refractivity contribution in [3.63, 3.8) is 0 Å². The maximum Gasteiger partial charge on any atom is 0.293 e. The van der Waals surface area contributed by atoms with E-state index in [0.717, 1.165) is 0 Å². The van der Waals surface area contributed by atoms with Crippen LogP contribution in [0.1, 0.15) is 17.3 Å². The quantitative estimate of drug-likeness (QED) is 0.630. The molecule has 0 aliphatic rings. The van der Waals surface area contributed by atoms with Crippen molar-refractivity contribution >= 4 is 23.0 Å². The minimum absolute atomic E-state index is 0.154. The maximum atomic E-state index is 12.3. The van der Waals surface area contributed by atoms with Crippen LogP contribution in [-0.4, -0.2) is 24.5 Å². The molecule has 0 spiro atoms. The van der Waals surface area contributed by atoms with Gasteiger partial charge in [-0.2, -0.15) is 0 Å². The first-order chi connectivity index (χ1) is 11.1. The molecule has 0 aliphatic heterocycles. The van der Waals surface area contributed by atoms with Crippen LogP contribution in [0.25, 0.3) is 0 Å². The fraction of sp³-hybridized carbons (Fsp3) is 0.188. The van der Waals surface area contributed by atoms with Crippen LogP contribution in [0.4, 0.5) is 17.1 Å². The molecule has 120 valence electrons. The van der Waals surface area contributed by atoms with Gasteiger partial charge in [0.05, 0.1) is 17.2 Å². The number of nitro benzene ring substituents is 1. The topological polar surface area (TPSA) is 93.5 Å². The van der Waals surface area contributed by atoms with E-state index in [1.807, 2.05) is 6.92 Å². The summed E-state index contributed by atoms with van der Waals surface area (Å²) >= 11 is 0. The average Bonchev–Trinajstić information content (AvgIpc) is 2.56. The van der Waals surface area contributed by atoms with Gasteiger partial charge in [0.2, 0.25) is 0 Å². The molecule has 0 bridgehead atoms. The lowest BCUT2D eigenvalue weighted by Crippen LogP contribution is -2.13. The van der Waals surface area contributed by atoms with Gasteiger partial charge >= 0.3 is 0 Å². The number of nitrogens with zero attached hydrogens (tertiary/aromatic N) is 1. The monoisotopic (exact) mass is 315 g/mol. The van der Waals surface area contributed by atoms with Gasteiger partial charge in [-0.1, -0.05) is 12.1 Å². The zero-order valence-corrected chi connectivity index (χ0v) is 12.8. The second-order valence-electron chi connectivity index (χ2n) is 4.62. The zero-order valence-electron chi connectivity index (χ0n) is 12.8. The van der Waals surface area contributed by atoms with Crippen molar-refractivity contribution in [3.05, 3.63) is 58.1 Å². The molecule has 1 amide bonds. The van der Waals surface area contributed by atoms with Gasteiger partial charge in [-0.3, -0.25) is 14.9 Å². The van der Waals surface area contributed by atoms with Gasteiger partial charge in [0, 0.05) is 18.7 Å². The maximum absolute atomic E-state index is 12.3. The van der Waals surface area contributed by atoms with E-state index in [4.69, 9.17) is 4.74 Å². The summed E-state index contributed by atoms with van der Waals surface area (Å²) in [7, 11) is 1.58. The van der Waals surface area contributed by atoms with Crippen LogP contribution in [0.3, 0.4) is 0 Å². The molecular formula is C16H17N3O4. The zero-order chi connectivity index (χ0) is 16.8. The Bertz CT molecular complexity index is 731. The summed E-state index contributed by atoms with van der Waals surface area (Å²) in [5, 5.41) is 16.5. The number of hydrogen-bond acceptors (Lipinski definition) is 5. The largest absolute Gasteiger partial charge is 0.492 e. The lowest BCUT2D eigenvalue weighted by atomic mass is 10.1. The molecule has 0 unspecified atom stereocenters. The molecule has 2 aromatic carbocycles. The molecular weight excluding hydrogens is 298 g/mol. The predicted molar refractivity (Wildman–Crippen MR) is 88.2 cm³/mol. The number of benzene rings is 2. The third-order valence-corrected chi connectivity index (χ3v) is 3.16. The van der Waals surface area contributed by atoms with Gasteiger partial charge in [0.1, 0.15) is 11.4 Å². The minimum atomic E-state index is -0.531. The first-order valence-electron chi connectivity index (χ1n) is 7.06. The van der Waals surface area contributed by atoms with E-state index in [1.165, 1.54) is 18.2 Å². The molecule has 0 fully saturated rings. The van der Waals surface area contributed by atoms with E-state index in [9.17, 15) is 14.9 Å². The van der Waals surface area contributed by atoms with E-state index < -0.39 is 10.8 Å². The summed E-state index contributed by atoms with van der Waals surface area (Å²) in [5.74, 6) is 0.104. The third-order valence-electron chi connectivity index (χ3n) is 3.16. The number of ether oxygens (including phenoxy) is 1. The molecule has 0 aromatic heterocycles. The Hall–Kier alpha value is -3.09. The summed E-state index contributed by atoms with van der Waals surface area (Å²) in [6.07, 6.45) is 0. The summed E-state index contributed by atoms with van der Waals surface area (Å²) in [6, 6.07) is 11.3. The van der Waals surface area contributed by atoms with Crippen molar-refractivity contribution < 1.29 is 14.5 Å². The fourth-order valence-electron chi connectivity index (χ4n) is 2.08. The summed E-state index contributed by atoms with van der Waals surface area (Å²) in [5.41, 5.74) is 0.904. The Morgan fingerprint density at radius 3 is 2.61 bits per heavy atom. The number of carbonyl (C=O) groups excluding carboxylic acids is 1. The third kappa shape index (κ3) is 3.76. The lowest BCUT2D eigenvalue weighted by Gasteiger charge is -2.11. The van der Waals surface area contributed by atoms with Crippen molar-refractivity contribution in [1.82, 2.24) is 0 Å². The number of hydrogen-bond donors (Lipinski definition) is 2. The Morgan fingerprint density at radius 2 is 1.96 bits per heavy atom. The molecule has 0 saturated heterocycles. The fourth-order valence-corrected chi connectivity index (χ4v) is 2.08. The van der Waals surface area contributed by atoms with E-state index >= 15 is 0 Å². The van der Waals surface area contributed by atoms with Crippen LogP contribution in [0, 0.1) is 10.1 Å². The van der Waals surface area contributed by atoms with E-state index in [-0.39, 0.29) is 11.3 Å². The highest BCUT2D eigenvalue weighted by atomic mass is 16.6. The van der Waals surface area contributed by atoms with Crippen LogP contribution >= 0.6 is 0 Å². The molecule has 7 nitrogen and oxygen atoms in total. The van der Waals surface area contributed by atoms with Gasteiger partial charge < -0.3 is 15.4 Å². The first-order valence-corrected chi connectivity index (χ1v) is 7.06. The van der Waals surface area contributed by atoms with Gasteiger partial charge in [-0.05, 0) is 31.2 Å². The van der Waals surface area contributed by atoms with Gasteiger partial charge in [-0.15, -0.1) is 0 Å². The standard InChI is InChI=1S/C16H17N3O4/c1-3-23-15-7-5-4-6-13(15)18-16(20)11-8-9-12(17-2)14(10-11)19(21)22/h4-10,17H,3H2,1-2H3,(H,18,20). The summed E-state index contributed by atoms with van der Waals surface area (Å²) in [4.78, 5) is 22.9. The van der Waals surface area contributed by atoms with Gasteiger partial charge in [0.25, 0.3) is 11.6 Å². The van der Waals surface area contributed by atoms with Crippen LogP contribution in [0.15, 0.2) is 42.5 Å². The highest BCUT2D eigenvalue weighted by Crippen LogP contribution is 2.27. The van der Waals surface area contributed by atoms with Gasteiger partial charge in [0.15, 0.2) is 0 Å². The number of para-hydroxylation sites is 2. The molecule has 0 aliphatic carbocycles. The number of carbonyl (C=O) groups is 1. The van der Waals surface area contributed by atoms with E-state index in [2.05, 4.69) is 10.6 Å². The molecule has 0 atom stereocenters. The molecule has 7 heteroatoms. The number of anilines is 2. The Kier molecular flexibility index (Phi) is 5.14. The van der Waals surface area contributed by atoms with Crippen molar-refractivity contribution in [2.75, 3.05) is 24.3 Å². The average molecular weight is 315 g/mol. The Morgan fingerprint density at radius 1 is 1.22 bits per heavy atom. The minimum Gasteiger partial charge on any atom is -0.492 e. The molecule has 0 heterocycles. The molecule has 2 aromatic rings. The molecule has 2 rings (SSSR count). The smallest absolute Gasteiger partial charge is 0.293 e. The lowest BCUT2D eigenvalue weighted by molar-refractivity contribution is -0.384. The van der Waals surface area contributed by atoms with Crippen molar-refractivity contribution in [2.24, 2.45) is 0 Å². The molecule has 23 heavy (non-hydrogen) atoms. The highest BCUT2D eigenvalue weighted by molar-refractivity contribution is 6.05. The van der Waals surface area contributed by atoms with Gasteiger partial charge in [-0.25, -0.2) is 0 Å². The molecule has 0 saturated carbocycles. The Labute approximate surface area is 133 Å². The van der Waals surface area contributed by atoms with E-state index in [1.54, 1.807) is 31.3 Å². The molecule has 0 radical (unpaired) electrons. The second-order valence-corrected chi connectivity index (χ2v) is 4.62. The SMILES string of the molecule is CCOc1ccccc1NC(=O)c1ccc(NC)c([N+](=O)[O-])c1. The number of amides is 1. The number of nitro groups is 1. The van der Waals surface area contributed by atoms with E-state index in [0.29, 0.717) is 23.7 Å². The first kappa shape index (κ1) is 16.3. The summed E-state index contributed by atoms with van der Waals surface area (Å²) < 4.78 is 5.44. The molecule has 2 N–H and O–H groups in total. The van der Waals surface area contributed by atoms with Crippen LogP contribution < -0.4 is 15.4 Å². The van der Waals surface area contributed by atoms with Crippen LogP contribution in [0.2, 0.25) is 0 Å². The van der Waals surface area contributed by atoms with Crippen LogP contribution in [-0.2, 0) is 0 Å². The van der Waals surface area contributed by atoms with Crippen molar-refractivity contribution in [3.8, 4) is 5.75 Å². The predicted octanol–water partition coefficient (Wildman–Crippen LogP) is 3.29. The summed E-state index contributed by atoms with van der Waals surface area (Å²) in [6.45, 7) is 2.31. The number of rotatable bonds is 6. The van der Waals surface area contributed by atoms with Crippen LogP contribution in [0.5, 0.6) is 5.75 Å².